The molecule has 3 aromatic rings. The van der Waals surface area contributed by atoms with Crippen LogP contribution in [0.25, 0.3) is 10.9 Å². The summed E-state index contributed by atoms with van der Waals surface area (Å²) in [5.74, 6) is -0.539. The normalized spacial score (nSPS) is 13.4. The number of para-hydroxylation sites is 1. The number of nitrogens with zero attached hydrogens (tertiary/aromatic N) is 2. The summed E-state index contributed by atoms with van der Waals surface area (Å²) < 4.78 is 0. The number of rotatable bonds is 3. The Kier molecular flexibility index (Phi) is 3.17. The van der Waals surface area contributed by atoms with Crippen molar-refractivity contribution in [3.63, 3.8) is 0 Å². The summed E-state index contributed by atoms with van der Waals surface area (Å²) >= 11 is 0. The number of aromatic nitrogens is 1. The van der Waals surface area contributed by atoms with Crippen LogP contribution in [0.3, 0.4) is 0 Å². The summed E-state index contributed by atoms with van der Waals surface area (Å²) in [7, 11) is 0. The van der Waals surface area contributed by atoms with Gasteiger partial charge in [-0.25, -0.2) is 0 Å². The average molecular weight is 315 g/mol. The zero-order valence-electron chi connectivity index (χ0n) is 12.7. The second-order valence-corrected chi connectivity index (χ2v) is 5.69. The van der Waals surface area contributed by atoms with E-state index in [4.69, 9.17) is 0 Å². The van der Waals surface area contributed by atoms with E-state index < -0.39 is 0 Å². The van der Waals surface area contributed by atoms with Crippen molar-refractivity contribution in [3.8, 4) is 6.07 Å². The van der Waals surface area contributed by atoms with Crippen molar-refractivity contribution >= 4 is 22.7 Å². The smallest absolute Gasteiger partial charge is 0.261 e. The van der Waals surface area contributed by atoms with E-state index in [1.165, 1.54) is 4.90 Å². The first-order chi connectivity index (χ1) is 11.7. The largest absolute Gasteiger partial charge is 0.346 e. The molecule has 0 saturated heterocycles. The molecular weight excluding hydrogens is 302 g/mol. The van der Waals surface area contributed by atoms with E-state index in [9.17, 15) is 14.9 Å². The van der Waals surface area contributed by atoms with Crippen LogP contribution in [0.5, 0.6) is 0 Å². The van der Waals surface area contributed by atoms with Gasteiger partial charge in [-0.2, -0.15) is 5.26 Å². The third-order valence-corrected chi connectivity index (χ3v) is 4.39. The van der Waals surface area contributed by atoms with Gasteiger partial charge in [0.1, 0.15) is 11.8 Å². The highest BCUT2D eigenvalue weighted by Crippen LogP contribution is 2.26. The Morgan fingerprint density at radius 2 is 1.58 bits per heavy atom. The predicted octanol–water partition coefficient (Wildman–Crippen LogP) is 2.88. The summed E-state index contributed by atoms with van der Waals surface area (Å²) in [6, 6.07) is 16.6. The molecule has 2 aromatic carbocycles. The quantitative estimate of drug-likeness (QED) is 0.755. The number of carbonyl (C=O) groups excluding carboxylic acids is 2. The number of hydrogen-bond donors (Lipinski definition) is 1. The first kappa shape index (κ1) is 14.2. The van der Waals surface area contributed by atoms with Crippen molar-refractivity contribution in [2.75, 3.05) is 6.54 Å². The second-order valence-electron chi connectivity index (χ2n) is 5.69. The van der Waals surface area contributed by atoms with Gasteiger partial charge < -0.3 is 4.98 Å². The molecular formula is C19H13N3O2. The number of aromatic amines is 1. The van der Waals surface area contributed by atoms with E-state index >= 15 is 0 Å². The molecule has 0 atom stereocenters. The minimum absolute atomic E-state index is 0.253. The molecule has 1 aromatic heterocycles. The minimum Gasteiger partial charge on any atom is -0.346 e. The first-order valence-electron chi connectivity index (χ1n) is 7.65. The van der Waals surface area contributed by atoms with Gasteiger partial charge in [0.15, 0.2) is 0 Å². The van der Waals surface area contributed by atoms with Gasteiger partial charge in [0.25, 0.3) is 11.8 Å². The molecule has 0 radical (unpaired) electrons. The average Bonchev–Trinajstić information content (AvgIpc) is 3.10. The fraction of sp³-hybridized carbons (Fsp3) is 0.105. The van der Waals surface area contributed by atoms with E-state index in [-0.39, 0.29) is 18.4 Å². The van der Waals surface area contributed by atoms with Gasteiger partial charge in [0, 0.05) is 17.4 Å². The van der Waals surface area contributed by atoms with Gasteiger partial charge in [-0.1, -0.05) is 30.3 Å². The Hall–Kier alpha value is -3.39. The fourth-order valence-corrected chi connectivity index (χ4v) is 3.22. The summed E-state index contributed by atoms with van der Waals surface area (Å²) in [6.45, 7) is 0.253. The van der Waals surface area contributed by atoms with Crippen LogP contribution in [0.4, 0.5) is 0 Å². The lowest BCUT2D eigenvalue weighted by molar-refractivity contribution is 0.0656. The molecule has 0 bridgehead atoms. The Balaban J connectivity index is 1.64. The van der Waals surface area contributed by atoms with Crippen molar-refractivity contribution in [2.24, 2.45) is 0 Å². The zero-order valence-corrected chi connectivity index (χ0v) is 12.7. The molecule has 4 rings (SSSR count). The molecule has 0 spiro atoms. The van der Waals surface area contributed by atoms with E-state index in [2.05, 4.69) is 11.1 Å². The van der Waals surface area contributed by atoms with Gasteiger partial charge in [-0.3, -0.25) is 14.5 Å². The molecule has 24 heavy (non-hydrogen) atoms. The fourth-order valence-electron chi connectivity index (χ4n) is 3.22. The standard InChI is InChI=1S/C19H13N3O2/c20-11-17-13(12-5-3-4-8-16(12)21-17)9-10-22-18(23)14-6-1-2-7-15(14)19(22)24/h1-8,21H,9-10H2. The van der Waals surface area contributed by atoms with E-state index in [0.717, 1.165) is 16.5 Å². The summed E-state index contributed by atoms with van der Waals surface area (Å²) in [6.07, 6.45) is 0.443. The van der Waals surface area contributed by atoms with E-state index in [1.807, 2.05) is 24.3 Å². The van der Waals surface area contributed by atoms with E-state index in [0.29, 0.717) is 23.2 Å². The van der Waals surface area contributed by atoms with Crippen molar-refractivity contribution in [2.45, 2.75) is 6.42 Å². The van der Waals surface area contributed by atoms with E-state index in [1.54, 1.807) is 24.3 Å². The second kappa shape index (κ2) is 5.36. The lowest BCUT2D eigenvalue weighted by Crippen LogP contribution is -2.31. The molecule has 5 nitrogen and oxygen atoms in total. The Morgan fingerprint density at radius 3 is 2.25 bits per heavy atom. The Morgan fingerprint density at radius 1 is 0.958 bits per heavy atom. The number of fused-ring (bicyclic) bond motifs is 2. The highest BCUT2D eigenvalue weighted by molar-refractivity contribution is 6.21. The molecule has 1 N–H and O–H groups in total. The number of nitrogens with one attached hydrogen (secondary N) is 1. The number of carbonyl (C=O) groups is 2. The Labute approximate surface area is 138 Å². The first-order valence-corrected chi connectivity index (χ1v) is 7.65. The number of benzene rings is 2. The van der Waals surface area contributed by atoms with Crippen molar-refractivity contribution in [1.82, 2.24) is 9.88 Å². The van der Waals surface area contributed by atoms with Crippen LogP contribution in [0.1, 0.15) is 32.0 Å². The molecule has 0 fully saturated rings. The molecule has 0 unspecified atom stereocenters. The van der Waals surface area contributed by atoms with Gasteiger partial charge in [0.05, 0.1) is 11.1 Å². The topological polar surface area (TPSA) is 77.0 Å². The maximum Gasteiger partial charge on any atom is 0.261 e. The molecule has 1 aliphatic heterocycles. The minimum atomic E-state index is -0.269. The SMILES string of the molecule is N#Cc1[nH]c2ccccc2c1CCN1C(=O)c2ccccc2C1=O. The lowest BCUT2D eigenvalue weighted by Gasteiger charge is -2.13. The molecule has 2 amide bonds. The molecule has 0 saturated carbocycles. The van der Waals surface area contributed by atoms with Gasteiger partial charge in [-0.05, 0) is 30.2 Å². The third-order valence-electron chi connectivity index (χ3n) is 4.39. The van der Waals surface area contributed by atoms with Crippen molar-refractivity contribution in [3.05, 3.63) is 70.9 Å². The van der Waals surface area contributed by atoms with Gasteiger partial charge in [0.2, 0.25) is 0 Å². The van der Waals surface area contributed by atoms with Crippen LogP contribution in [-0.2, 0) is 6.42 Å². The summed E-state index contributed by atoms with van der Waals surface area (Å²) in [4.78, 5) is 29.2. The summed E-state index contributed by atoms with van der Waals surface area (Å²) in [5.41, 5.74) is 3.09. The van der Waals surface area contributed by atoms with Crippen LogP contribution in [0, 0.1) is 11.3 Å². The number of hydrogen-bond acceptors (Lipinski definition) is 3. The molecule has 0 aliphatic carbocycles. The number of amides is 2. The monoisotopic (exact) mass is 315 g/mol. The third kappa shape index (κ3) is 2.01. The maximum absolute atomic E-state index is 12.4. The van der Waals surface area contributed by atoms with Gasteiger partial charge in [-0.15, -0.1) is 0 Å². The van der Waals surface area contributed by atoms with Crippen molar-refractivity contribution in [1.29, 1.82) is 5.26 Å². The highest BCUT2D eigenvalue weighted by atomic mass is 16.2. The van der Waals surface area contributed by atoms with Crippen LogP contribution >= 0.6 is 0 Å². The zero-order chi connectivity index (χ0) is 16.7. The molecule has 116 valence electrons. The van der Waals surface area contributed by atoms with Crippen LogP contribution in [-0.4, -0.2) is 28.2 Å². The number of imide groups is 1. The van der Waals surface area contributed by atoms with Crippen LogP contribution in [0.2, 0.25) is 0 Å². The molecule has 1 aliphatic rings. The molecule has 2 heterocycles. The lowest BCUT2D eigenvalue weighted by atomic mass is 10.1. The summed E-state index contributed by atoms with van der Waals surface area (Å²) in [5, 5.41) is 10.3. The predicted molar refractivity (Wildman–Crippen MR) is 88.5 cm³/mol. The number of H-pyrrole nitrogens is 1. The van der Waals surface area contributed by atoms with Crippen LogP contribution < -0.4 is 0 Å². The van der Waals surface area contributed by atoms with Crippen LogP contribution in [0.15, 0.2) is 48.5 Å². The maximum atomic E-state index is 12.4. The Bertz CT molecular complexity index is 992. The molecule has 5 heteroatoms. The van der Waals surface area contributed by atoms with Crippen molar-refractivity contribution < 1.29 is 9.59 Å². The number of nitriles is 1. The van der Waals surface area contributed by atoms with Gasteiger partial charge >= 0.3 is 0 Å². The highest BCUT2D eigenvalue weighted by Gasteiger charge is 2.34.